The Labute approximate surface area is 73.4 Å². The molecular formula is C11H14O. The lowest BCUT2D eigenvalue weighted by molar-refractivity contribution is 0.411. The molecule has 1 saturated carbocycles. The van der Waals surface area contributed by atoms with Crippen LogP contribution in [0.2, 0.25) is 0 Å². The van der Waals surface area contributed by atoms with E-state index in [1.807, 2.05) is 0 Å². The molecule has 0 radical (unpaired) electrons. The lowest BCUT2D eigenvalue weighted by atomic mass is 10.1. The fourth-order valence-electron chi connectivity index (χ4n) is 1.51. The molecule has 0 N–H and O–H groups in total. The molecule has 0 amide bonds. The van der Waals surface area contributed by atoms with Gasteiger partial charge in [0.2, 0.25) is 0 Å². The first kappa shape index (κ1) is 7.66. The first-order valence-electron chi connectivity index (χ1n) is 4.46. The second kappa shape index (κ2) is 2.81. The Morgan fingerprint density at radius 1 is 1.33 bits per heavy atom. The average molecular weight is 162 g/mol. The molecule has 1 nitrogen and oxygen atoms in total. The van der Waals surface area contributed by atoms with E-state index in [1.165, 1.54) is 24.0 Å². The molecule has 0 heterocycles. The number of methoxy groups -OCH3 is 1. The van der Waals surface area contributed by atoms with E-state index < -0.39 is 0 Å². The normalized spacial score (nSPS) is 16.2. The summed E-state index contributed by atoms with van der Waals surface area (Å²) in [5.41, 5.74) is 2.67. The lowest BCUT2D eigenvalue weighted by Crippen LogP contribution is -1.88. The highest BCUT2D eigenvalue weighted by Crippen LogP contribution is 2.41. The Morgan fingerprint density at radius 3 is 2.67 bits per heavy atom. The quantitative estimate of drug-likeness (QED) is 0.649. The Hall–Kier alpha value is -0.980. The van der Waals surface area contributed by atoms with Crippen LogP contribution >= 0.6 is 0 Å². The summed E-state index contributed by atoms with van der Waals surface area (Å²) in [6.45, 7) is 2.08. The first-order chi connectivity index (χ1) is 5.81. The molecule has 0 aromatic heterocycles. The molecule has 0 unspecified atom stereocenters. The Morgan fingerprint density at radius 2 is 2.08 bits per heavy atom. The Bertz CT molecular complexity index is 287. The minimum absolute atomic E-state index is 0.819. The third-order valence-corrected chi connectivity index (χ3v) is 2.48. The van der Waals surface area contributed by atoms with Gasteiger partial charge in [0.1, 0.15) is 5.75 Å². The van der Waals surface area contributed by atoms with Gasteiger partial charge >= 0.3 is 0 Å². The third-order valence-electron chi connectivity index (χ3n) is 2.48. The van der Waals surface area contributed by atoms with Gasteiger partial charge in [-0.05, 0) is 42.9 Å². The third kappa shape index (κ3) is 1.31. The summed E-state index contributed by atoms with van der Waals surface area (Å²) in [4.78, 5) is 0. The first-order valence-corrected chi connectivity index (χ1v) is 4.46. The van der Waals surface area contributed by atoms with Gasteiger partial charge in [0, 0.05) is 0 Å². The van der Waals surface area contributed by atoms with Crippen molar-refractivity contribution in [2.75, 3.05) is 7.11 Å². The van der Waals surface area contributed by atoms with E-state index in [2.05, 4.69) is 25.1 Å². The zero-order valence-electron chi connectivity index (χ0n) is 7.63. The highest BCUT2D eigenvalue weighted by molar-refractivity contribution is 5.39. The molecule has 1 aromatic carbocycles. The maximum atomic E-state index is 5.26. The van der Waals surface area contributed by atoms with E-state index in [9.17, 15) is 0 Å². The van der Waals surface area contributed by atoms with Crippen LogP contribution in [0, 0.1) is 6.92 Å². The van der Waals surface area contributed by atoms with Gasteiger partial charge in [-0.2, -0.15) is 0 Å². The van der Waals surface area contributed by atoms with Crippen molar-refractivity contribution in [2.45, 2.75) is 25.7 Å². The summed E-state index contributed by atoms with van der Waals surface area (Å²) in [6.07, 6.45) is 2.71. The molecule has 0 aliphatic heterocycles. The molecule has 0 bridgehead atoms. The second-order valence-electron chi connectivity index (χ2n) is 3.50. The zero-order valence-corrected chi connectivity index (χ0v) is 7.63. The molecule has 2 rings (SSSR count). The summed E-state index contributed by atoms with van der Waals surface area (Å²) in [5, 5.41) is 0. The average Bonchev–Trinajstić information content (AvgIpc) is 2.88. The molecule has 1 aliphatic carbocycles. The van der Waals surface area contributed by atoms with Gasteiger partial charge in [-0.15, -0.1) is 0 Å². The van der Waals surface area contributed by atoms with Crippen LogP contribution in [-0.2, 0) is 0 Å². The SMILES string of the molecule is COc1cc(C2CC2)ccc1C. The summed E-state index contributed by atoms with van der Waals surface area (Å²) in [5.74, 6) is 1.85. The van der Waals surface area contributed by atoms with Crippen molar-refractivity contribution in [3.63, 3.8) is 0 Å². The fourth-order valence-corrected chi connectivity index (χ4v) is 1.51. The summed E-state index contributed by atoms with van der Waals surface area (Å²) in [6, 6.07) is 6.54. The number of hydrogen-bond donors (Lipinski definition) is 0. The topological polar surface area (TPSA) is 9.23 Å². The van der Waals surface area contributed by atoms with Crippen molar-refractivity contribution in [1.82, 2.24) is 0 Å². The number of benzene rings is 1. The highest BCUT2D eigenvalue weighted by Gasteiger charge is 2.23. The number of ether oxygens (including phenoxy) is 1. The second-order valence-corrected chi connectivity index (χ2v) is 3.50. The molecule has 0 saturated heterocycles. The van der Waals surface area contributed by atoms with Crippen molar-refractivity contribution in [1.29, 1.82) is 0 Å². The smallest absolute Gasteiger partial charge is 0.122 e. The van der Waals surface area contributed by atoms with Crippen LogP contribution in [0.15, 0.2) is 18.2 Å². The van der Waals surface area contributed by atoms with Gasteiger partial charge in [0.25, 0.3) is 0 Å². The summed E-state index contributed by atoms with van der Waals surface area (Å²) in [7, 11) is 1.74. The summed E-state index contributed by atoms with van der Waals surface area (Å²) >= 11 is 0. The maximum Gasteiger partial charge on any atom is 0.122 e. The molecule has 1 aliphatic rings. The van der Waals surface area contributed by atoms with Crippen LogP contribution in [0.25, 0.3) is 0 Å². The zero-order chi connectivity index (χ0) is 8.55. The van der Waals surface area contributed by atoms with E-state index in [4.69, 9.17) is 4.74 Å². The number of rotatable bonds is 2. The maximum absolute atomic E-state index is 5.26. The van der Waals surface area contributed by atoms with Crippen LogP contribution in [0.1, 0.15) is 29.9 Å². The monoisotopic (exact) mass is 162 g/mol. The minimum atomic E-state index is 0.819. The van der Waals surface area contributed by atoms with Gasteiger partial charge in [0.15, 0.2) is 0 Å². The van der Waals surface area contributed by atoms with Gasteiger partial charge in [-0.1, -0.05) is 12.1 Å². The van der Waals surface area contributed by atoms with Crippen LogP contribution in [0.3, 0.4) is 0 Å². The van der Waals surface area contributed by atoms with E-state index in [0.717, 1.165) is 11.7 Å². The van der Waals surface area contributed by atoms with Crippen LogP contribution < -0.4 is 4.74 Å². The van der Waals surface area contributed by atoms with E-state index >= 15 is 0 Å². The molecule has 1 heteroatoms. The predicted molar refractivity (Wildman–Crippen MR) is 49.7 cm³/mol. The molecule has 0 atom stereocenters. The van der Waals surface area contributed by atoms with Crippen molar-refractivity contribution < 1.29 is 4.74 Å². The molecule has 0 spiro atoms. The van der Waals surface area contributed by atoms with Crippen LogP contribution in [-0.4, -0.2) is 7.11 Å². The standard InChI is InChI=1S/C11H14O/c1-8-3-4-10(9-5-6-9)7-11(8)12-2/h3-4,7,9H,5-6H2,1-2H3. The Kier molecular flexibility index (Phi) is 1.80. The fraction of sp³-hybridized carbons (Fsp3) is 0.455. The summed E-state index contributed by atoms with van der Waals surface area (Å²) < 4.78 is 5.26. The molecule has 1 fully saturated rings. The van der Waals surface area contributed by atoms with Gasteiger partial charge < -0.3 is 4.74 Å². The Balaban J connectivity index is 2.33. The number of hydrogen-bond acceptors (Lipinski definition) is 1. The molecule has 1 aromatic rings. The van der Waals surface area contributed by atoms with Gasteiger partial charge in [-0.3, -0.25) is 0 Å². The molecule has 12 heavy (non-hydrogen) atoms. The highest BCUT2D eigenvalue weighted by atomic mass is 16.5. The van der Waals surface area contributed by atoms with Gasteiger partial charge in [-0.25, -0.2) is 0 Å². The van der Waals surface area contributed by atoms with E-state index in [1.54, 1.807) is 7.11 Å². The van der Waals surface area contributed by atoms with Gasteiger partial charge in [0.05, 0.1) is 7.11 Å². The molecular weight excluding hydrogens is 148 g/mol. The van der Waals surface area contributed by atoms with Crippen molar-refractivity contribution in [2.24, 2.45) is 0 Å². The van der Waals surface area contributed by atoms with Crippen molar-refractivity contribution in [3.05, 3.63) is 29.3 Å². The minimum Gasteiger partial charge on any atom is -0.496 e. The van der Waals surface area contributed by atoms with Crippen molar-refractivity contribution in [3.8, 4) is 5.75 Å². The van der Waals surface area contributed by atoms with E-state index in [0.29, 0.717) is 0 Å². The largest absolute Gasteiger partial charge is 0.496 e. The van der Waals surface area contributed by atoms with Crippen molar-refractivity contribution >= 4 is 0 Å². The van der Waals surface area contributed by atoms with E-state index in [-0.39, 0.29) is 0 Å². The predicted octanol–water partition coefficient (Wildman–Crippen LogP) is 2.88. The number of aryl methyl sites for hydroxylation is 1. The van der Waals surface area contributed by atoms with Crippen LogP contribution in [0.4, 0.5) is 0 Å². The van der Waals surface area contributed by atoms with Crippen LogP contribution in [0.5, 0.6) is 5.75 Å². The lowest BCUT2D eigenvalue weighted by Gasteiger charge is -2.06. The molecule has 64 valence electrons.